The van der Waals surface area contributed by atoms with Crippen molar-refractivity contribution in [1.29, 1.82) is 0 Å². The van der Waals surface area contributed by atoms with Crippen LogP contribution < -0.4 is 4.90 Å². The number of halogens is 3. The first kappa shape index (κ1) is 13.4. The number of carbonyl (C=O) groups is 2. The third kappa shape index (κ3) is 2.08. The summed E-state index contributed by atoms with van der Waals surface area (Å²) < 4.78 is 37.6. The zero-order valence-electron chi connectivity index (χ0n) is 10.5. The Morgan fingerprint density at radius 2 is 1.24 bits per heavy atom. The van der Waals surface area contributed by atoms with E-state index in [1.54, 1.807) is 12.1 Å². The van der Waals surface area contributed by atoms with Crippen LogP contribution in [0.5, 0.6) is 0 Å². The molecule has 0 aromatic heterocycles. The van der Waals surface area contributed by atoms with Gasteiger partial charge in [0.25, 0.3) is 11.8 Å². The molecule has 2 aromatic rings. The Morgan fingerprint density at radius 3 is 1.67 bits per heavy atom. The minimum absolute atomic E-state index is 0.120. The molecule has 0 fully saturated rings. The highest BCUT2D eigenvalue weighted by Crippen LogP contribution is 2.33. The van der Waals surface area contributed by atoms with Gasteiger partial charge in [0.05, 0.1) is 22.4 Å². The molecule has 2 aromatic carbocycles. The quantitative estimate of drug-likeness (QED) is 0.754. The number of nitrogens with zero attached hydrogens (tertiary/aromatic N) is 1. The number of hydrogen-bond acceptors (Lipinski definition) is 2. The molecule has 0 saturated carbocycles. The summed E-state index contributed by atoms with van der Waals surface area (Å²) in [6.45, 7) is 0. The number of hydrogen-bond donors (Lipinski definition) is 0. The Hall–Kier alpha value is -2.63. The SMILES string of the molecule is O=C1c2ccccc2C(=O)N1c1ccc(C(F)(F)F)cc1. The molecule has 0 spiro atoms. The number of fused-ring (bicyclic) bond motifs is 1. The summed E-state index contributed by atoms with van der Waals surface area (Å²) in [5, 5.41) is 0. The fourth-order valence-electron chi connectivity index (χ4n) is 2.22. The van der Waals surface area contributed by atoms with Gasteiger partial charge in [0.15, 0.2) is 0 Å². The molecule has 1 aliphatic heterocycles. The lowest BCUT2D eigenvalue weighted by molar-refractivity contribution is -0.137. The lowest BCUT2D eigenvalue weighted by Gasteiger charge is -2.15. The highest BCUT2D eigenvalue weighted by Gasteiger charge is 2.37. The normalized spacial score (nSPS) is 14.5. The predicted octanol–water partition coefficient (Wildman–Crippen LogP) is 3.51. The zero-order chi connectivity index (χ0) is 15.2. The van der Waals surface area contributed by atoms with Crippen molar-refractivity contribution in [1.82, 2.24) is 0 Å². The van der Waals surface area contributed by atoms with Gasteiger partial charge in [-0.2, -0.15) is 13.2 Å². The number of imide groups is 1. The summed E-state index contributed by atoms with van der Waals surface area (Å²) in [7, 11) is 0. The molecule has 21 heavy (non-hydrogen) atoms. The van der Waals surface area contributed by atoms with Gasteiger partial charge in [0, 0.05) is 0 Å². The molecule has 0 saturated heterocycles. The molecular weight excluding hydrogens is 283 g/mol. The average Bonchev–Trinajstić information content (AvgIpc) is 2.71. The molecule has 0 N–H and O–H groups in total. The van der Waals surface area contributed by atoms with Crippen LogP contribution in [0.3, 0.4) is 0 Å². The van der Waals surface area contributed by atoms with Crippen LogP contribution in [0.4, 0.5) is 18.9 Å². The van der Waals surface area contributed by atoms with Gasteiger partial charge in [-0.15, -0.1) is 0 Å². The van der Waals surface area contributed by atoms with Crippen molar-refractivity contribution in [3.63, 3.8) is 0 Å². The van der Waals surface area contributed by atoms with E-state index in [1.165, 1.54) is 12.1 Å². The molecule has 106 valence electrons. The second-order valence-electron chi connectivity index (χ2n) is 4.54. The predicted molar refractivity (Wildman–Crippen MR) is 69.0 cm³/mol. The van der Waals surface area contributed by atoms with E-state index in [4.69, 9.17) is 0 Å². The maximum atomic E-state index is 12.5. The molecule has 0 bridgehead atoms. The Balaban J connectivity index is 2.00. The molecule has 2 amide bonds. The fourth-order valence-corrected chi connectivity index (χ4v) is 2.22. The number of amides is 2. The van der Waals surface area contributed by atoms with Gasteiger partial charge in [-0.05, 0) is 36.4 Å². The number of alkyl halides is 3. The van der Waals surface area contributed by atoms with Crippen LogP contribution in [0.1, 0.15) is 26.3 Å². The standard InChI is InChI=1S/C15H8F3NO2/c16-15(17,18)9-5-7-10(8-6-9)19-13(20)11-3-1-2-4-12(11)14(19)21/h1-8H. The van der Waals surface area contributed by atoms with Gasteiger partial charge in [-0.3, -0.25) is 9.59 Å². The van der Waals surface area contributed by atoms with E-state index in [0.717, 1.165) is 29.2 Å². The van der Waals surface area contributed by atoms with Crippen LogP contribution in [-0.4, -0.2) is 11.8 Å². The Kier molecular flexibility index (Phi) is 2.83. The molecule has 1 heterocycles. The van der Waals surface area contributed by atoms with Crippen LogP contribution in [0.25, 0.3) is 0 Å². The van der Waals surface area contributed by atoms with Crippen molar-refractivity contribution in [3.8, 4) is 0 Å². The summed E-state index contributed by atoms with van der Waals surface area (Å²) in [4.78, 5) is 25.2. The maximum absolute atomic E-state index is 12.5. The van der Waals surface area contributed by atoms with Gasteiger partial charge >= 0.3 is 6.18 Å². The second-order valence-corrected chi connectivity index (χ2v) is 4.54. The molecule has 0 unspecified atom stereocenters. The summed E-state index contributed by atoms with van der Waals surface area (Å²) in [6.07, 6.45) is -4.46. The number of benzene rings is 2. The monoisotopic (exact) mass is 291 g/mol. The Morgan fingerprint density at radius 1 is 0.762 bits per heavy atom. The van der Waals surface area contributed by atoms with Crippen LogP contribution in [0.2, 0.25) is 0 Å². The highest BCUT2D eigenvalue weighted by molar-refractivity contribution is 6.34. The van der Waals surface area contributed by atoms with Gasteiger partial charge in [-0.1, -0.05) is 12.1 Å². The van der Waals surface area contributed by atoms with E-state index < -0.39 is 23.6 Å². The maximum Gasteiger partial charge on any atom is 0.416 e. The smallest absolute Gasteiger partial charge is 0.268 e. The lowest BCUT2D eigenvalue weighted by atomic mass is 10.1. The van der Waals surface area contributed by atoms with Crippen LogP contribution in [0, 0.1) is 0 Å². The van der Waals surface area contributed by atoms with E-state index >= 15 is 0 Å². The van der Waals surface area contributed by atoms with Crippen molar-refractivity contribution in [3.05, 3.63) is 65.2 Å². The summed E-state index contributed by atoms with van der Waals surface area (Å²) in [6, 6.07) is 10.2. The number of rotatable bonds is 1. The molecule has 0 aliphatic carbocycles. The third-order valence-corrected chi connectivity index (χ3v) is 3.25. The molecule has 3 rings (SSSR count). The van der Waals surface area contributed by atoms with Crippen molar-refractivity contribution in [2.45, 2.75) is 6.18 Å². The van der Waals surface area contributed by atoms with Gasteiger partial charge in [-0.25, -0.2) is 4.90 Å². The summed E-state index contributed by atoms with van der Waals surface area (Å²) >= 11 is 0. The fraction of sp³-hybridized carbons (Fsp3) is 0.0667. The van der Waals surface area contributed by atoms with E-state index in [9.17, 15) is 22.8 Å². The van der Waals surface area contributed by atoms with Gasteiger partial charge in [0.2, 0.25) is 0 Å². The van der Waals surface area contributed by atoms with E-state index in [-0.39, 0.29) is 16.8 Å². The molecular formula is C15H8F3NO2. The molecule has 6 heteroatoms. The van der Waals surface area contributed by atoms with Crippen molar-refractivity contribution >= 4 is 17.5 Å². The number of anilines is 1. The van der Waals surface area contributed by atoms with E-state index in [2.05, 4.69) is 0 Å². The Labute approximate surface area is 117 Å². The third-order valence-electron chi connectivity index (χ3n) is 3.25. The van der Waals surface area contributed by atoms with Crippen LogP contribution >= 0.6 is 0 Å². The molecule has 0 atom stereocenters. The van der Waals surface area contributed by atoms with E-state index in [1.807, 2.05) is 0 Å². The minimum Gasteiger partial charge on any atom is -0.268 e. The molecule has 1 aliphatic rings. The first-order chi connectivity index (χ1) is 9.89. The second kappa shape index (κ2) is 4.44. The largest absolute Gasteiger partial charge is 0.416 e. The first-order valence-corrected chi connectivity index (χ1v) is 6.04. The van der Waals surface area contributed by atoms with Crippen LogP contribution in [-0.2, 0) is 6.18 Å². The van der Waals surface area contributed by atoms with Gasteiger partial charge < -0.3 is 0 Å². The lowest BCUT2D eigenvalue weighted by Crippen LogP contribution is -2.29. The minimum atomic E-state index is -4.46. The highest BCUT2D eigenvalue weighted by atomic mass is 19.4. The number of carbonyl (C=O) groups excluding carboxylic acids is 2. The van der Waals surface area contributed by atoms with Gasteiger partial charge in [0.1, 0.15) is 0 Å². The zero-order valence-corrected chi connectivity index (χ0v) is 10.5. The van der Waals surface area contributed by atoms with Crippen LogP contribution in [0.15, 0.2) is 48.5 Å². The molecule has 3 nitrogen and oxygen atoms in total. The Bertz CT molecular complexity index is 700. The van der Waals surface area contributed by atoms with E-state index in [0.29, 0.717) is 0 Å². The topological polar surface area (TPSA) is 37.4 Å². The summed E-state index contributed by atoms with van der Waals surface area (Å²) in [5.74, 6) is -1.06. The first-order valence-electron chi connectivity index (χ1n) is 6.04. The van der Waals surface area contributed by atoms with Crippen molar-refractivity contribution in [2.75, 3.05) is 4.90 Å². The molecule has 0 radical (unpaired) electrons. The van der Waals surface area contributed by atoms with Crippen molar-refractivity contribution < 1.29 is 22.8 Å². The van der Waals surface area contributed by atoms with Crippen molar-refractivity contribution in [2.24, 2.45) is 0 Å². The summed E-state index contributed by atoms with van der Waals surface area (Å²) in [5.41, 5.74) is -0.207. The average molecular weight is 291 g/mol.